The minimum absolute atomic E-state index is 0.185. The van der Waals surface area contributed by atoms with Crippen molar-refractivity contribution in [1.82, 2.24) is 0 Å². The fourth-order valence-electron chi connectivity index (χ4n) is 2.72. The third kappa shape index (κ3) is 2.98. The quantitative estimate of drug-likeness (QED) is 0.935. The lowest BCUT2D eigenvalue weighted by Crippen LogP contribution is -2.15. The molecule has 0 heterocycles. The van der Waals surface area contributed by atoms with Gasteiger partial charge in [-0.25, -0.2) is 0 Å². The van der Waals surface area contributed by atoms with E-state index in [1.807, 2.05) is 48.5 Å². The van der Waals surface area contributed by atoms with Crippen molar-refractivity contribution in [3.05, 3.63) is 65.2 Å². The Morgan fingerprint density at radius 2 is 1.86 bits per heavy atom. The fraction of sp³-hybridized carbons (Fsp3) is 0.278. The summed E-state index contributed by atoms with van der Waals surface area (Å²) < 4.78 is 5.77. The van der Waals surface area contributed by atoms with Crippen LogP contribution in [0.1, 0.15) is 40.4 Å². The summed E-state index contributed by atoms with van der Waals surface area (Å²) in [7, 11) is 0. The van der Waals surface area contributed by atoms with Gasteiger partial charge in [0.05, 0.1) is 0 Å². The second-order valence-electron chi connectivity index (χ2n) is 5.30. The zero-order valence-corrected chi connectivity index (χ0v) is 11.8. The van der Waals surface area contributed by atoms with Crippen molar-refractivity contribution in [3.8, 4) is 5.75 Å². The molecule has 0 aliphatic heterocycles. The number of carbonyl (C=O) groups excluding carboxylic acids is 1. The molecule has 1 atom stereocenters. The van der Waals surface area contributed by atoms with Gasteiger partial charge in [0.1, 0.15) is 18.5 Å². The van der Waals surface area contributed by atoms with Crippen LogP contribution in [-0.2, 0) is 6.42 Å². The summed E-state index contributed by atoms with van der Waals surface area (Å²) >= 11 is 0. The Labute approximate surface area is 124 Å². The molecule has 2 aromatic rings. The van der Waals surface area contributed by atoms with Gasteiger partial charge in [0.25, 0.3) is 0 Å². The molecule has 0 bridgehead atoms. The van der Waals surface area contributed by atoms with Crippen molar-refractivity contribution in [1.29, 1.82) is 0 Å². The zero-order valence-electron chi connectivity index (χ0n) is 11.8. The number of Topliss-reactive ketones (excluding diaryl/α,β-unsaturated/α-hetero) is 1. The molecule has 2 aromatic carbocycles. The second-order valence-corrected chi connectivity index (χ2v) is 5.30. The highest BCUT2D eigenvalue weighted by atomic mass is 16.5. The van der Waals surface area contributed by atoms with Gasteiger partial charge >= 0.3 is 0 Å². The average Bonchev–Trinajstić information content (AvgIpc) is 2.54. The SMILES string of the molecule is O=C1CCCc2c(OCC(O)c3ccccc3)cccc21. The van der Waals surface area contributed by atoms with E-state index < -0.39 is 6.10 Å². The van der Waals surface area contributed by atoms with Gasteiger partial charge in [-0.2, -0.15) is 0 Å². The highest BCUT2D eigenvalue weighted by molar-refractivity contribution is 5.99. The van der Waals surface area contributed by atoms with Crippen LogP contribution in [0.4, 0.5) is 0 Å². The highest BCUT2D eigenvalue weighted by Gasteiger charge is 2.20. The fourth-order valence-corrected chi connectivity index (χ4v) is 2.72. The van der Waals surface area contributed by atoms with Gasteiger partial charge in [-0.05, 0) is 24.5 Å². The van der Waals surface area contributed by atoms with Crippen LogP contribution >= 0.6 is 0 Å². The maximum atomic E-state index is 11.9. The second kappa shape index (κ2) is 6.10. The molecule has 3 heteroatoms. The third-order valence-corrected chi connectivity index (χ3v) is 3.85. The summed E-state index contributed by atoms with van der Waals surface area (Å²) in [5.41, 5.74) is 2.58. The Hall–Kier alpha value is -2.13. The molecule has 3 nitrogen and oxygen atoms in total. The first kappa shape index (κ1) is 13.8. The van der Waals surface area contributed by atoms with E-state index in [9.17, 15) is 9.90 Å². The van der Waals surface area contributed by atoms with Crippen LogP contribution in [0.5, 0.6) is 5.75 Å². The molecule has 0 radical (unpaired) electrons. The standard InChI is InChI=1S/C18H18O3/c19-16-10-4-9-15-14(16)8-5-11-18(15)21-12-17(20)13-6-2-1-3-7-13/h1-3,5-8,11,17,20H,4,9-10,12H2. The molecule has 0 saturated heterocycles. The summed E-state index contributed by atoms with van der Waals surface area (Å²) in [6.45, 7) is 0.189. The predicted molar refractivity (Wildman–Crippen MR) is 80.6 cm³/mol. The Morgan fingerprint density at radius 1 is 1.05 bits per heavy atom. The van der Waals surface area contributed by atoms with E-state index in [0.29, 0.717) is 6.42 Å². The molecule has 108 valence electrons. The van der Waals surface area contributed by atoms with Crippen molar-refractivity contribution in [2.45, 2.75) is 25.4 Å². The number of ketones is 1. The number of hydrogen-bond donors (Lipinski definition) is 1. The zero-order chi connectivity index (χ0) is 14.7. The summed E-state index contributed by atoms with van der Waals surface area (Å²) in [5, 5.41) is 10.1. The van der Waals surface area contributed by atoms with Crippen molar-refractivity contribution in [2.75, 3.05) is 6.61 Å². The molecule has 1 aliphatic carbocycles. The molecule has 1 unspecified atom stereocenters. The van der Waals surface area contributed by atoms with Crippen molar-refractivity contribution in [3.63, 3.8) is 0 Å². The number of benzene rings is 2. The lowest BCUT2D eigenvalue weighted by Gasteiger charge is -2.20. The molecule has 21 heavy (non-hydrogen) atoms. The molecular formula is C18H18O3. The summed E-state index contributed by atoms with van der Waals surface area (Å²) in [6.07, 6.45) is 1.68. The smallest absolute Gasteiger partial charge is 0.163 e. The Bertz CT molecular complexity index is 634. The molecule has 1 N–H and O–H groups in total. The third-order valence-electron chi connectivity index (χ3n) is 3.85. The van der Waals surface area contributed by atoms with Crippen molar-refractivity contribution < 1.29 is 14.6 Å². The van der Waals surface area contributed by atoms with E-state index in [4.69, 9.17) is 4.74 Å². The van der Waals surface area contributed by atoms with Crippen LogP contribution in [0.25, 0.3) is 0 Å². The lowest BCUT2D eigenvalue weighted by molar-refractivity contribution is 0.0966. The Balaban J connectivity index is 1.74. The van der Waals surface area contributed by atoms with Gasteiger partial charge < -0.3 is 9.84 Å². The minimum atomic E-state index is -0.665. The first-order valence-corrected chi connectivity index (χ1v) is 7.26. The predicted octanol–water partition coefficient (Wildman–Crippen LogP) is 3.32. The monoisotopic (exact) mass is 282 g/mol. The highest BCUT2D eigenvalue weighted by Crippen LogP contribution is 2.30. The first-order chi connectivity index (χ1) is 10.3. The average molecular weight is 282 g/mol. The van der Waals surface area contributed by atoms with Crippen molar-refractivity contribution >= 4 is 5.78 Å². The normalized spacial score (nSPS) is 15.4. The van der Waals surface area contributed by atoms with Gasteiger partial charge in [0.2, 0.25) is 0 Å². The van der Waals surface area contributed by atoms with Crippen LogP contribution in [0.2, 0.25) is 0 Å². The molecule has 0 aromatic heterocycles. The van der Waals surface area contributed by atoms with Gasteiger partial charge in [0, 0.05) is 17.5 Å². The molecule has 0 saturated carbocycles. The number of fused-ring (bicyclic) bond motifs is 1. The van der Waals surface area contributed by atoms with E-state index in [-0.39, 0.29) is 12.4 Å². The van der Waals surface area contributed by atoms with Crippen LogP contribution < -0.4 is 4.74 Å². The number of ether oxygens (including phenoxy) is 1. The molecule has 0 amide bonds. The van der Waals surface area contributed by atoms with Gasteiger partial charge in [-0.15, -0.1) is 0 Å². The summed E-state index contributed by atoms with van der Waals surface area (Å²) in [4.78, 5) is 11.9. The maximum Gasteiger partial charge on any atom is 0.163 e. The van der Waals surface area contributed by atoms with Gasteiger partial charge in [-0.3, -0.25) is 4.79 Å². The van der Waals surface area contributed by atoms with Crippen LogP contribution in [-0.4, -0.2) is 17.5 Å². The summed E-state index contributed by atoms with van der Waals surface area (Å²) in [5.74, 6) is 0.904. The number of aliphatic hydroxyl groups is 1. The van der Waals surface area contributed by atoms with E-state index in [1.165, 1.54) is 0 Å². The van der Waals surface area contributed by atoms with Gasteiger partial charge in [0.15, 0.2) is 5.78 Å². The van der Waals surface area contributed by atoms with Crippen LogP contribution in [0.3, 0.4) is 0 Å². The first-order valence-electron chi connectivity index (χ1n) is 7.26. The number of rotatable bonds is 4. The Kier molecular flexibility index (Phi) is 4.02. The van der Waals surface area contributed by atoms with Crippen molar-refractivity contribution in [2.24, 2.45) is 0 Å². The maximum absolute atomic E-state index is 11.9. The molecule has 0 spiro atoms. The van der Waals surface area contributed by atoms with Crippen LogP contribution in [0.15, 0.2) is 48.5 Å². The number of aliphatic hydroxyl groups excluding tert-OH is 1. The number of carbonyl (C=O) groups is 1. The molecule has 1 aliphatic rings. The van der Waals surface area contributed by atoms with E-state index >= 15 is 0 Å². The summed E-state index contributed by atoms with van der Waals surface area (Å²) in [6, 6.07) is 15.0. The van der Waals surface area contributed by atoms with E-state index in [0.717, 1.165) is 35.3 Å². The minimum Gasteiger partial charge on any atom is -0.490 e. The van der Waals surface area contributed by atoms with E-state index in [2.05, 4.69) is 0 Å². The largest absolute Gasteiger partial charge is 0.490 e. The van der Waals surface area contributed by atoms with E-state index in [1.54, 1.807) is 0 Å². The van der Waals surface area contributed by atoms with Crippen LogP contribution in [0, 0.1) is 0 Å². The lowest BCUT2D eigenvalue weighted by atomic mass is 9.90. The topological polar surface area (TPSA) is 46.5 Å². The molecule has 3 rings (SSSR count). The molecule has 0 fully saturated rings. The van der Waals surface area contributed by atoms with Gasteiger partial charge in [-0.1, -0.05) is 42.5 Å². The Morgan fingerprint density at radius 3 is 2.67 bits per heavy atom. The molecular weight excluding hydrogens is 264 g/mol. The number of hydrogen-bond acceptors (Lipinski definition) is 3.